The topological polar surface area (TPSA) is 33.1 Å². The summed E-state index contributed by atoms with van der Waals surface area (Å²) in [5.41, 5.74) is 2.34. The number of pyridine rings is 1. The van der Waals surface area contributed by atoms with Crippen molar-refractivity contribution in [2.75, 3.05) is 0 Å². The van der Waals surface area contributed by atoms with Crippen LogP contribution in [0.25, 0.3) is 0 Å². The Morgan fingerprint density at radius 2 is 1.76 bits per heavy atom. The lowest BCUT2D eigenvalue weighted by Gasteiger charge is -2.55. The molecule has 5 rings (SSSR count). The molecule has 0 saturated heterocycles. The van der Waals surface area contributed by atoms with E-state index < -0.39 is 0 Å². The molecule has 1 aromatic rings. The maximum absolute atomic E-state index is 10.8. The summed E-state index contributed by atoms with van der Waals surface area (Å²) in [7, 11) is 0. The van der Waals surface area contributed by atoms with Crippen LogP contribution >= 0.6 is 0 Å². The molecular weight excluding hydrogens is 258 g/mol. The smallest absolute Gasteiger partial charge is 0.0629 e. The van der Waals surface area contributed by atoms with Gasteiger partial charge in [0.05, 0.1) is 6.10 Å². The van der Waals surface area contributed by atoms with Gasteiger partial charge in [-0.1, -0.05) is 13.0 Å². The van der Waals surface area contributed by atoms with Crippen molar-refractivity contribution in [2.24, 2.45) is 29.6 Å². The molecule has 2 heteroatoms. The molecule has 21 heavy (non-hydrogen) atoms. The van der Waals surface area contributed by atoms with Gasteiger partial charge in [0.25, 0.3) is 0 Å². The Morgan fingerprint density at radius 1 is 1.10 bits per heavy atom. The summed E-state index contributed by atoms with van der Waals surface area (Å²) < 4.78 is 0. The molecule has 4 aliphatic rings. The number of nitrogens with zero attached hydrogens (tertiary/aromatic N) is 1. The van der Waals surface area contributed by atoms with Crippen molar-refractivity contribution in [3.05, 3.63) is 29.6 Å². The zero-order chi connectivity index (χ0) is 14.4. The lowest BCUT2D eigenvalue weighted by molar-refractivity contribution is -0.0889. The highest BCUT2D eigenvalue weighted by Crippen LogP contribution is 2.57. The maximum Gasteiger partial charge on any atom is 0.0629 e. The van der Waals surface area contributed by atoms with Crippen LogP contribution in [-0.4, -0.2) is 16.2 Å². The summed E-state index contributed by atoms with van der Waals surface area (Å²) in [4.78, 5) is 4.54. The second-order valence-corrected chi connectivity index (χ2v) is 7.79. The summed E-state index contributed by atoms with van der Waals surface area (Å²) in [5, 5.41) is 10.8. The molecule has 1 aromatic heterocycles. The minimum Gasteiger partial charge on any atom is -0.392 e. The van der Waals surface area contributed by atoms with Crippen molar-refractivity contribution in [3.8, 4) is 0 Å². The number of aliphatic hydroxyl groups excluding tert-OH is 1. The van der Waals surface area contributed by atoms with E-state index in [2.05, 4.69) is 24.0 Å². The highest BCUT2D eigenvalue weighted by atomic mass is 16.3. The van der Waals surface area contributed by atoms with Gasteiger partial charge in [-0.2, -0.15) is 0 Å². The molecule has 0 aliphatic heterocycles. The average Bonchev–Trinajstić information content (AvgIpc) is 2.47. The minimum atomic E-state index is -0.181. The van der Waals surface area contributed by atoms with Crippen molar-refractivity contribution in [1.29, 1.82) is 0 Å². The molecule has 1 atom stereocenters. The van der Waals surface area contributed by atoms with Crippen LogP contribution in [0.4, 0.5) is 0 Å². The molecule has 0 aromatic carbocycles. The van der Waals surface area contributed by atoms with E-state index in [9.17, 15) is 5.11 Å². The molecule has 4 aliphatic carbocycles. The van der Waals surface area contributed by atoms with Crippen LogP contribution in [0.5, 0.6) is 0 Å². The number of rotatable bonds is 4. The predicted octanol–water partition coefficient (Wildman–Crippen LogP) is 3.62. The van der Waals surface area contributed by atoms with Gasteiger partial charge in [-0.05, 0) is 79.7 Å². The van der Waals surface area contributed by atoms with Crippen molar-refractivity contribution in [1.82, 2.24) is 4.98 Å². The molecule has 4 fully saturated rings. The van der Waals surface area contributed by atoms with Crippen molar-refractivity contribution >= 4 is 0 Å². The molecule has 1 heterocycles. The summed E-state index contributed by atoms with van der Waals surface area (Å²) in [6.07, 6.45) is 10.6. The third-order valence-corrected chi connectivity index (χ3v) is 6.46. The Hall–Kier alpha value is -0.890. The maximum atomic E-state index is 10.8. The highest BCUT2D eigenvalue weighted by molar-refractivity contribution is 5.15. The van der Waals surface area contributed by atoms with E-state index in [0.29, 0.717) is 5.92 Å². The highest BCUT2D eigenvalue weighted by Gasteiger charge is 2.50. The Labute approximate surface area is 128 Å². The number of aromatic nitrogens is 1. The number of aliphatic hydroxyl groups is 1. The molecule has 4 bridgehead atoms. The average molecular weight is 285 g/mol. The van der Waals surface area contributed by atoms with Gasteiger partial charge >= 0.3 is 0 Å². The fraction of sp³-hybridized carbons (Fsp3) is 0.737. The molecule has 1 N–H and O–H groups in total. The fourth-order valence-electron chi connectivity index (χ4n) is 5.73. The molecule has 1 unspecified atom stereocenters. The van der Waals surface area contributed by atoms with Crippen LogP contribution in [0, 0.1) is 29.6 Å². The SMILES string of the molecule is CCc1ccc(CC(O)C2C3CC4CC(C3)CC2C4)nc1. The summed E-state index contributed by atoms with van der Waals surface area (Å²) in [6, 6.07) is 4.27. The molecule has 0 spiro atoms. The third-order valence-electron chi connectivity index (χ3n) is 6.46. The first-order valence-electron chi connectivity index (χ1n) is 8.84. The number of hydrogen-bond acceptors (Lipinski definition) is 2. The van der Waals surface area contributed by atoms with E-state index in [4.69, 9.17) is 0 Å². The summed E-state index contributed by atoms with van der Waals surface area (Å²) >= 11 is 0. The van der Waals surface area contributed by atoms with Gasteiger partial charge < -0.3 is 5.11 Å². The zero-order valence-corrected chi connectivity index (χ0v) is 13.0. The summed E-state index contributed by atoms with van der Waals surface area (Å²) in [5.74, 6) is 4.11. The first-order valence-corrected chi connectivity index (χ1v) is 8.84. The van der Waals surface area contributed by atoms with Gasteiger partial charge in [0.1, 0.15) is 0 Å². The van der Waals surface area contributed by atoms with E-state index in [1.54, 1.807) is 0 Å². The predicted molar refractivity (Wildman–Crippen MR) is 83.9 cm³/mol. The summed E-state index contributed by atoms with van der Waals surface area (Å²) in [6.45, 7) is 2.15. The Morgan fingerprint density at radius 3 is 2.29 bits per heavy atom. The molecule has 0 radical (unpaired) electrons. The molecule has 114 valence electrons. The van der Waals surface area contributed by atoms with Crippen LogP contribution in [0.15, 0.2) is 18.3 Å². The monoisotopic (exact) mass is 285 g/mol. The van der Waals surface area contributed by atoms with Crippen molar-refractivity contribution in [3.63, 3.8) is 0 Å². The van der Waals surface area contributed by atoms with E-state index in [1.807, 2.05) is 6.20 Å². The Kier molecular flexibility index (Phi) is 3.53. The van der Waals surface area contributed by atoms with Crippen LogP contribution in [0.3, 0.4) is 0 Å². The van der Waals surface area contributed by atoms with E-state index in [0.717, 1.165) is 42.2 Å². The van der Waals surface area contributed by atoms with Crippen LogP contribution in [0.1, 0.15) is 50.3 Å². The van der Waals surface area contributed by atoms with Gasteiger partial charge in [0, 0.05) is 18.3 Å². The van der Waals surface area contributed by atoms with Crippen LogP contribution < -0.4 is 0 Å². The Bertz CT molecular complexity index is 467. The quantitative estimate of drug-likeness (QED) is 0.916. The molecule has 4 saturated carbocycles. The van der Waals surface area contributed by atoms with Gasteiger partial charge in [0.15, 0.2) is 0 Å². The van der Waals surface area contributed by atoms with E-state index in [1.165, 1.54) is 37.7 Å². The first-order chi connectivity index (χ1) is 10.2. The fourth-order valence-corrected chi connectivity index (χ4v) is 5.73. The normalized spacial score (nSPS) is 38.7. The Balaban J connectivity index is 1.45. The number of aryl methyl sites for hydroxylation is 1. The van der Waals surface area contributed by atoms with E-state index in [-0.39, 0.29) is 6.10 Å². The first kappa shape index (κ1) is 13.8. The minimum absolute atomic E-state index is 0.181. The van der Waals surface area contributed by atoms with Crippen LogP contribution in [0.2, 0.25) is 0 Å². The van der Waals surface area contributed by atoms with Crippen molar-refractivity contribution < 1.29 is 5.11 Å². The lowest BCUT2D eigenvalue weighted by atomic mass is 9.50. The molecule has 2 nitrogen and oxygen atoms in total. The second kappa shape index (κ2) is 5.39. The third kappa shape index (κ3) is 2.52. The molecule has 0 amide bonds. The second-order valence-electron chi connectivity index (χ2n) is 7.79. The van der Waals surface area contributed by atoms with Gasteiger partial charge in [-0.25, -0.2) is 0 Å². The zero-order valence-electron chi connectivity index (χ0n) is 13.0. The van der Waals surface area contributed by atoms with Gasteiger partial charge in [-0.15, -0.1) is 0 Å². The largest absolute Gasteiger partial charge is 0.392 e. The van der Waals surface area contributed by atoms with Crippen LogP contribution in [-0.2, 0) is 12.8 Å². The van der Waals surface area contributed by atoms with E-state index >= 15 is 0 Å². The standard InChI is InChI=1S/C19H27NO/c1-2-12-3-4-17(20-11-12)10-18(21)19-15-6-13-5-14(8-15)9-16(19)7-13/h3-4,11,13-16,18-19,21H,2,5-10H2,1H3. The lowest BCUT2D eigenvalue weighted by Crippen LogP contribution is -2.49. The van der Waals surface area contributed by atoms with Gasteiger partial charge in [-0.3, -0.25) is 4.98 Å². The number of hydrogen-bond donors (Lipinski definition) is 1. The van der Waals surface area contributed by atoms with Crippen molar-refractivity contribution in [2.45, 2.75) is 58.0 Å². The van der Waals surface area contributed by atoms with Gasteiger partial charge in [0.2, 0.25) is 0 Å². The molecular formula is C19H27NO.